The molecule has 0 spiro atoms. The van der Waals surface area contributed by atoms with E-state index in [-0.39, 0.29) is 17.8 Å². The van der Waals surface area contributed by atoms with Gasteiger partial charge in [-0.2, -0.15) is 4.98 Å². The summed E-state index contributed by atoms with van der Waals surface area (Å²) in [6.45, 7) is 6.44. The van der Waals surface area contributed by atoms with Crippen molar-refractivity contribution < 1.29 is 0 Å². The number of aryl methyl sites for hydroxylation is 1. The molecular weight excluding hydrogens is 404 g/mol. The number of benzene rings is 1. The van der Waals surface area contributed by atoms with Crippen LogP contribution in [0.4, 0.5) is 5.95 Å². The van der Waals surface area contributed by atoms with E-state index < -0.39 is 0 Å². The van der Waals surface area contributed by atoms with Gasteiger partial charge < -0.3 is 10.2 Å². The second kappa shape index (κ2) is 7.85. The zero-order chi connectivity index (χ0) is 22.4. The first kappa shape index (κ1) is 20.4. The van der Waals surface area contributed by atoms with Gasteiger partial charge in [0, 0.05) is 44.5 Å². The molecular formula is C24H28N6O2. The highest BCUT2D eigenvalue weighted by Gasteiger charge is 2.35. The molecule has 1 unspecified atom stereocenters. The fraction of sp³-hybridized carbons (Fsp3) is 0.375. The minimum absolute atomic E-state index is 0.247. The topological polar surface area (TPSA) is 77.1 Å². The molecule has 32 heavy (non-hydrogen) atoms. The van der Waals surface area contributed by atoms with Gasteiger partial charge in [-0.15, -0.1) is 0 Å². The van der Waals surface area contributed by atoms with E-state index in [1.165, 1.54) is 14.8 Å². The molecule has 8 nitrogen and oxygen atoms in total. The van der Waals surface area contributed by atoms with Gasteiger partial charge in [-0.3, -0.25) is 18.5 Å². The first-order chi connectivity index (χ1) is 15.5. The summed E-state index contributed by atoms with van der Waals surface area (Å²) in [5.74, 6) is 1.17. The van der Waals surface area contributed by atoms with Crippen LogP contribution in [-0.4, -0.2) is 31.8 Å². The lowest BCUT2D eigenvalue weighted by atomic mass is 10.1. The number of fused-ring (bicyclic) bond motifs is 2. The molecule has 166 valence electrons. The molecule has 0 saturated carbocycles. The molecule has 1 fully saturated rings. The Morgan fingerprint density at radius 1 is 1.19 bits per heavy atom. The van der Waals surface area contributed by atoms with Gasteiger partial charge in [0.05, 0.1) is 6.54 Å². The summed E-state index contributed by atoms with van der Waals surface area (Å²) in [6, 6.07) is 10.1. The quantitative estimate of drug-likeness (QED) is 0.626. The van der Waals surface area contributed by atoms with Gasteiger partial charge in [0.1, 0.15) is 0 Å². The molecule has 0 bridgehead atoms. The predicted molar refractivity (Wildman–Crippen MR) is 126 cm³/mol. The van der Waals surface area contributed by atoms with Crippen molar-refractivity contribution >= 4 is 17.1 Å². The van der Waals surface area contributed by atoms with Gasteiger partial charge in [0.2, 0.25) is 5.95 Å². The van der Waals surface area contributed by atoms with E-state index in [0.29, 0.717) is 29.6 Å². The van der Waals surface area contributed by atoms with Crippen LogP contribution in [0.15, 0.2) is 63.5 Å². The smallest absolute Gasteiger partial charge is 0.332 e. The zero-order valence-electron chi connectivity index (χ0n) is 18.7. The number of aromatic nitrogens is 4. The molecule has 0 aliphatic carbocycles. The lowest BCUT2D eigenvalue weighted by Crippen LogP contribution is -2.39. The Labute approximate surface area is 186 Å². The Hall–Kier alpha value is -3.55. The van der Waals surface area contributed by atoms with Crippen LogP contribution in [0.25, 0.3) is 11.2 Å². The van der Waals surface area contributed by atoms with Gasteiger partial charge >= 0.3 is 5.69 Å². The predicted octanol–water partition coefficient (Wildman–Crippen LogP) is 2.18. The third-order valence-corrected chi connectivity index (χ3v) is 6.36. The molecule has 1 aromatic carbocycles. The van der Waals surface area contributed by atoms with Gasteiger partial charge in [-0.1, -0.05) is 42.0 Å². The second-order valence-electron chi connectivity index (χ2n) is 8.81. The normalized spacial score (nSPS) is 17.4. The van der Waals surface area contributed by atoms with Crippen molar-refractivity contribution in [2.45, 2.75) is 33.4 Å². The lowest BCUT2D eigenvalue weighted by Gasteiger charge is -2.20. The molecule has 2 aliphatic heterocycles. The summed E-state index contributed by atoms with van der Waals surface area (Å²) < 4.78 is 4.77. The Morgan fingerprint density at radius 2 is 1.97 bits per heavy atom. The summed E-state index contributed by atoms with van der Waals surface area (Å²) in [6.07, 6.45) is 4.99. The third-order valence-electron chi connectivity index (χ3n) is 6.36. The first-order valence-electron chi connectivity index (χ1n) is 11.0. The van der Waals surface area contributed by atoms with E-state index in [0.717, 1.165) is 30.6 Å². The van der Waals surface area contributed by atoms with Gasteiger partial charge in [-0.05, 0) is 25.8 Å². The summed E-state index contributed by atoms with van der Waals surface area (Å²) in [5.41, 5.74) is 3.57. The monoisotopic (exact) mass is 432 g/mol. The molecule has 0 amide bonds. The number of allylic oxidation sites excluding steroid dienone is 2. The maximum Gasteiger partial charge on any atom is 0.332 e. The van der Waals surface area contributed by atoms with E-state index in [2.05, 4.69) is 16.4 Å². The Morgan fingerprint density at radius 3 is 2.72 bits per heavy atom. The minimum Gasteiger partial charge on any atom is -0.389 e. The average Bonchev–Trinajstić information content (AvgIpc) is 3.47. The van der Waals surface area contributed by atoms with E-state index in [1.807, 2.05) is 54.8 Å². The second-order valence-corrected chi connectivity index (χ2v) is 8.81. The molecule has 2 aliphatic rings. The Bertz CT molecular complexity index is 1360. The van der Waals surface area contributed by atoms with Crippen LogP contribution in [0, 0.1) is 5.92 Å². The van der Waals surface area contributed by atoms with Crippen LogP contribution < -0.4 is 21.5 Å². The summed E-state index contributed by atoms with van der Waals surface area (Å²) in [4.78, 5) is 33.7. The number of rotatable bonds is 5. The highest BCUT2D eigenvalue weighted by Crippen LogP contribution is 2.35. The highest BCUT2D eigenvalue weighted by atomic mass is 16.2. The Kier molecular flexibility index (Phi) is 5.00. The number of hydrogen-bond acceptors (Lipinski definition) is 5. The molecule has 1 saturated heterocycles. The number of nitrogens with one attached hydrogen (secondary N) is 1. The number of anilines is 1. The van der Waals surface area contributed by atoms with Crippen LogP contribution in [-0.2, 0) is 20.1 Å². The zero-order valence-corrected chi connectivity index (χ0v) is 18.7. The largest absolute Gasteiger partial charge is 0.389 e. The molecule has 5 rings (SSSR count). The molecule has 1 atom stereocenters. The van der Waals surface area contributed by atoms with Crippen molar-refractivity contribution in [2.24, 2.45) is 13.0 Å². The van der Waals surface area contributed by atoms with E-state index in [4.69, 9.17) is 4.98 Å². The van der Waals surface area contributed by atoms with Crippen molar-refractivity contribution in [1.82, 2.24) is 24.0 Å². The van der Waals surface area contributed by atoms with Crippen LogP contribution >= 0.6 is 0 Å². The van der Waals surface area contributed by atoms with Crippen molar-refractivity contribution in [3.05, 3.63) is 80.3 Å². The molecule has 1 N–H and O–H groups in total. The van der Waals surface area contributed by atoms with Crippen LogP contribution in [0.1, 0.15) is 25.8 Å². The van der Waals surface area contributed by atoms with Crippen molar-refractivity contribution in [3.63, 3.8) is 0 Å². The number of hydrogen-bond donors (Lipinski definition) is 1. The molecule has 2 aromatic heterocycles. The summed E-state index contributed by atoms with van der Waals surface area (Å²) >= 11 is 0. The van der Waals surface area contributed by atoms with Crippen molar-refractivity contribution in [2.75, 3.05) is 18.0 Å². The summed E-state index contributed by atoms with van der Waals surface area (Å²) in [5, 5.41) is 3.33. The maximum absolute atomic E-state index is 13.6. The summed E-state index contributed by atoms with van der Waals surface area (Å²) in [7, 11) is 1.69. The SMILES string of the molecule is CC(C)=CCn1c(=O)c2c(nc(N3CCC4CNC=C43)n2Cc2ccccc2)n(C)c1=O. The van der Waals surface area contributed by atoms with E-state index in [1.54, 1.807) is 7.05 Å². The maximum atomic E-state index is 13.6. The molecule has 0 radical (unpaired) electrons. The number of imidazole rings is 1. The first-order valence-corrected chi connectivity index (χ1v) is 11.0. The Balaban J connectivity index is 1.76. The average molecular weight is 433 g/mol. The minimum atomic E-state index is -0.350. The standard InChI is InChI=1S/C24H28N6O2/c1-16(2)9-11-29-22(31)20-21(27(3)24(29)32)26-23(28-12-10-18-13-25-14-19(18)28)30(20)15-17-7-5-4-6-8-17/h4-9,14,18,25H,10-13,15H2,1-3H3. The molecule has 4 heterocycles. The third kappa shape index (κ3) is 3.26. The molecule has 3 aromatic rings. The van der Waals surface area contributed by atoms with Gasteiger partial charge in [-0.25, -0.2) is 4.79 Å². The number of nitrogens with zero attached hydrogens (tertiary/aromatic N) is 5. The van der Waals surface area contributed by atoms with Gasteiger partial charge in [0.25, 0.3) is 5.56 Å². The van der Waals surface area contributed by atoms with Crippen molar-refractivity contribution in [1.29, 1.82) is 0 Å². The fourth-order valence-electron chi connectivity index (χ4n) is 4.62. The van der Waals surface area contributed by atoms with E-state index in [9.17, 15) is 9.59 Å². The van der Waals surface area contributed by atoms with Gasteiger partial charge in [0.15, 0.2) is 11.2 Å². The highest BCUT2D eigenvalue weighted by molar-refractivity contribution is 5.75. The van der Waals surface area contributed by atoms with Crippen LogP contribution in [0.2, 0.25) is 0 Å². The van der Waals surface area contributed by atoms with Crippen LogP contribution in [0.3, 0.4) is 0 Å². The molecule has 8 heteroatoms. The van der Waals surface area contributed by atoms with E-state index >= 15 is 0 Å². The van der Waals surface area contributed by atoms with Crippen LogP contribution in [0.5, 0.6) is 0 Å². The fourth-order valence-corrected chi connectivity index (χ4v) is 4.62. The lowest BCUT2D eigenvalue weighted by molar-refractivity contribution is 0.647. The van der Waals surface area contributed by atoms with Crippen molar-refractivity contribution in [3.8, 4) is 0 Å².